The molecule has 0 saturated heterocycles. The van der Waals surface area contributed by atoms with Gasteiger partial charge in [-0.15, -0.1) is 10.2 Å². The zero-order valence-corrected chi connectivity index (χ0v) is 11.0. The molecule has 0 spiro atoms. The molecule has 100 valence electrons. The van der Waals surface area contributed by atoms with Crippen molar-refractivity contribution >= 4 is 0 Å². The molecule has 1 N–H and O–H groups in total. The summed E-state index contributed by atoms with van der Waals surface area (Å²) in [5.74, 6) is 0.962. The third kappa shape index (κ3) is 2.39. The average molecular weight is 258 g/mol. The summed E-state index contributed by atoms with van der Waals surface area (Å²) in [5, 5.41) is 11.9. The number of ether oxygens (including phenoxy) is 1. The highest BCUT2D eigenvalue weighted by Gasteiger charge is 2.24. The molecule has 1 unspecified atom stereocenters. The molecule has 0 bridgehead atoms. The van der Waals surface area contributed by atoms with Crippen LogP contribution in [0, 0.1) is 0 Å². The Morgan fingerprint density at radius 2 is 2.32 bits per heavy atom. The van der Waals surface area contributed by atoms with Crippen molar-refractivity contribution in [1.29, 1.82) is 0 Å². The van der Waals surface area contributed by atoms with E-state index in [0.717, 1.165) is 25.3 Å². The Bertz CT molecular complexity index is 552. The van der Waals surface area contributed by atoms with Crippen LogP contribution in [0.25, 0.3) is 0 Å². The molecule has 0 amide bonds. The monoisotopic (exact) mass is 258 g/mol. The molecule has 5 heteroatoms. The van der Waals surface area contributed by atoms with Crippen molar-refractivity contribution in [2.45, 2.75) is 19.0 Å². The topological polar surface area (TPSA) is 52.0 Å². The minimum Gasteiger partial charge on any atom is -0.383 e. The highest BCUT2D eigenvalue weighted by molar-refractivity contribution is 5.35. The summed E-state index contributed by atoms with van der Waals surface area (Å²) in [6.45, 7) is 2.41. The standard InChI is InChI=1S/C14H18N4O/c1-19-9-8-18-10-16-17-14(18)13-12-5-3-2-4-11(12)6-7-15-13/h2-5,10,13,15H,6-9H2,1H3. The zero-order chi connectivity index (χ0) is 13.1. The number of aromatic nitrogens is 3. The summed E-state index contributed by atoms with van der Waals surface area (Å²) in [6, 6.07) is 8.66. The normalized spacial score (nSPS) is 18.3. The van der Waals surface area contributed by atoms with Gasteiger partial charge in [0.1, 0.15) is 6.33 Å². The van der Waals surface area contributed by atoms with Gasteiger partial charge in [-0.1, -0.05) is 24.3 Å². The van der Waals surface area contributed by atoms with Crippen LogP contribution in [0.3, 0.4) is 0 Å². The van der Waals surface area contributed by atoms with E-state index in [4.69, 9.17) is 4.74 Å². The van der Waals surface area contributed by atoms with Crippen LogP contribution in [-0.4, -0.2) is 35.0 Å². The SMILES string of the molecule is COCCn1cnnc1C1NCCc2ccccc21. The molecule has 0 fully saturated rings. The lowest BCUT2D eigenvalue weighted by molar-refractivity contribution is 0.185. The maximum absolute atomic E-state index is 5.13. The first-order valence-electron chi connectivity index (χ1n) is 6.58. The Morgan fingerprint density at radius 1 is 1.42 bits per heavy atom. The molecular formula is C14H18N4O. The Labute approximate surface area is 112 Å². The number of hydrogen-bond acceptors (Lipinski definition) is 4. The molecule has 1 aliphatic heterocycles. The number of nitrogens with zero attached hydrogens (tertiary/aromatic N) is 3. The number of hydrogen-bond donors (Lipinski definition) is 1. The molecule has 0 saturated carbocycles. The van der Waals surface area contributed by atoms with Crippen molar-refractivity contribution in [1.82, 2.24) is 20.1 Å². The Balaban J connectivity index is 1.93. The summed E-state index contributed by atoms with van der Waals surface area (Å²) in [4.78, 5) is 0. The van der Waals surface area contributed by atoms with Crippen LogP contribution in [0.1, 0.15) is 23.0 Å². The van der Waals surface area contributed by atoms with E-state index in [0.29, 0.717) is 6.61 Å². The zero-order valence-electron chi connectivity index (χ0n) is 11.0. The van der Waals surface area contributed by atoms with Gasteiger partial charge in [0.05, 0.1) is 12.6 Å². The third-order valence-corrected chi connectivity index (χ3v) is 3.55. The second-order valence-electron chi connectivity index (χ2n) is 4.71. The van der Waals surface area contributed by atoms with Crippen molar-refractivity contribution < 1.29 is 4.74 Å². The lowest BCUT2D eigenvalue weighted by atomic mass is 9.94. The lowest BCUT2D eigenvalue weighted by Gasteiger charge is -2.26. The molecule has 2 aromatic rings. The van der Waals surface area contributed by atoms with Gasteiger partial charge >= 0.3 is 0 Å². The van der Waals surface area contributed by atoms with Gasteiger partial charge in [-0.3, -0.25) is 0 Å². The van der Waals surface area contributed by atoms with Gasteiger partial charge in [-0.05, 0) is 17.5 Å². The van der Waals surface area contributed by atoms with Crippen molar-refractivity contribution in [3.63, 3.8) is 0 Å². The Morgan fingerprint density at radius 3 is 3.21 bits per heavy atom. The molecule has 2 heterocycles. The van der Waals surface area contributed by atoms with Gasteiger partial charge in [-0.2, -0.15) is 0 Å². The van der Waals surface area contributed by atoms with E-state index in [9.17, 15) is 0 Å². The van der Waals surface area contributed by atoms with Crippen LogP contribution < -0.4 is 5.32 Å². The van der Waals surface area contributed by atoms with Crippen molar-refractivity contribution in [3.05, 3.63) is 47.5 Å². The van der Waals surface area contributed by atoms with E-state index < -0.39 is 0 Å². The van der Waals surface area contributed by atoms with Crippen molar-refractivity contribution in [2.24, 2.45) is 0 Å². The third-order valence-electron chi connectivity index (χ3n) is 3.55. The smallest absolute Gasteiger partial charge is 0.154 e. The van der Waals surface area contributed by atoms with E-state index in [1.165, 1.54) is 11.1 Å². The molecule has 0 radical (unpaired) electrons. The van der Waals surface area contributed by atoms with Crippen LogP contribution in [0.15, 0.2) is 30.6 Å². The van der Waals surface area contributed by atoms with Gasteiger partial charge in [-0.25, -0.2) is 0 Å². The first-order chi connectivity index (χ1) is 9.40. The molecule has 1 atom stereocenters. The highest BCUT2D eigenvalue weighted by atomic mass is 16.5. The molecule has 19 heavy (non-hydrogen) atoms. The lowest BCUT2D eigenvalue weighted by Crippen LogP contribution is -2.32. The molecule has 1 aromatic heterocycles. The molecule has 5 nitrogen and oxygen atoms in total. The highest BCUT2D eigenvalue weighted by Crippen LogP contribution is 2.27. The minimum absolute atomic E-state index is 0.129. The van der Waals surface area contributed by atoms with E-state index >= 15 is 0 Å². The molecule has 3 rings (SSSR count). The maximum atomic E-state index is 5.13. The summed E-state index contributed by atoms with van der Waals surface area (Å²) in [7, 11) is 1.71. The Hall–Kier alpha value is -1.72. The van der Waals surface area contributed by atoms with Gasteiger partial charge in [0, 0.05) is 20.2 Å². The van der Waals surface area contributed by atoms with Crippen LogP contribution in [0.5, 0.6) is 0 Å². The summed E-state index contributed by atoms with van der Waals surface area (Å²) in [6.07, 6.45) is 2.84. The van der Waals surface area contributed by atoms with Crippen molar-refractivity contribution in [3.8, 4) is 0 Å². The molecule has 0 aliphatic carbocycles. The van der Waals surface area contributed by atoms with E-state index in [-0.39, 0.29) is 6.04 Å². The molecule has 1 aliphatic rings. The number of methoxy groups -OCH3 is 1. The van der Waals surface area contributed by atoms with Crippen molar-refractivity contribution in [2.75, 3.05) is 20.3 Å². The second-order valence-corrected chi connectivity index (χ2v) is 4.71. The Kier molecular flexibility index (Phi) is 3.57. The molecular weight excluding hydrogens is 240 g/mol. The largest absolute Gasteiger partial charge is 0.383 e. The van der Waals surface area contributed by atoms with Crippen LogP contribution in [0.4, 0.5) is 0 Å². The fraction of sp³-hybridized carbons (Fsp3) is 0.429. The maximum Gasteiger partial charge on any atom is 0.154 e. The minimum atomic E-state index is 0.129. The van der Waals surface area contributed by atoms with Crippen LogP contribution in [-0.2, 0) is 17.7 Å². The van der Waals surface area contributed by atoms with Gasteiger partial charge in [0.25, 0.3) is 0 Å². The van der Waals surface area contributed by atoms with Crippen LogP contribution >= 0.6 is 0 Å². The quantitative estimate of drug-likeness (QED) is 0.894. The van der Waals surface area contributed by atoms with E-state index in [1.54, 1.807) is 13.4 Å². The number of benzene rings is 1. The van der Waals surface area contributed by atoms with E-state index in [1.807, 2.05) is 0 Å². The fourth-order valence-corrected chi connectivity index (χ4v) is 2.58. The van der Waals surface area contributed by atoms with Gasteiger partial charge < -0.3 is 14.6 Å². The number of fused-ring (bicyclic) bond motifs is 1. The van der Waals surface area contributed by atoms with Gasteiger partial charge in [0.15, 0.2) is 5.82 Å². The number of nitrogens with one attached hydrogen (secondary N) is 1. The van der Waals surface area contributed by atoms with Crippen LogP contribution in [0.2, 0.25) is 0 Å². The summed E-state index contributed by atoms with van der Waals surface area (Å²) >= 11 is 0. The van der Waals surface area contributed by atoms with E-state index in [2.05, 4.69) is 44.3 Å². The van der Waals surface area contributed by atoms with Gasteiger partial charge in [0.2, 0.25) is 0 Å². The summed E-state index contributed by atoms with van der Waals surface area (Å²) in [5.41, 5.74) is 2.70. The number of rotatable bonds is 4. The summed E-state index contributed by atoms with van der Waals surface area (Å²) < 4.78 is 7.19. The first-order valence-corrected chi connectivity index (χ1v) is 6.58. The predicted molar refractivity (Wildman–Crippen MR) is 71.9 cm³/mol. The fourth-order valence-electron chi connectivity index (χ4n) is 2.58. The average Bonchev–Trinajstić information content (AvgIpc) is 2.92. The first kappa shape index (κ1) is 12.3. The predicted octanol–water partition coefficient (Wildman–Crippen LogP) is 1.16. The second kappa shape index (κ2) is 5.50. The molecule has 1 aromatic carbocycles.